The summed E-state index contributed by atoms with van der Waals surface area (Å²) in [6, 6.07) is 10.5. The van der Waals surface area contributed by atoms with Gasteiger partial charge in [0, 0.05) is 24.2 Å². The van der Waals surface area contributed by atoms with E-state index in [1.54, 1.807) is 24.3 Å². The lowest BCUT2D eigenvalue weighted by atomic mass is 10.1. The smallest absolute Gasteiger partial charge is 0.345 e. The lowest BCUT2D eigenvalue weighted by Crippen LogP contribution is -2.10. The number of hydrogen-bond acceptors (Lipinski definition) is 6. The van der Waals surface area contributed by atoms with Gasteiger partial charge in [0.25, 0.3) is 5.69 Å². The van der Waals surface area contributed by atoms with Crippen LogP contribution in [0.25, 0.3) is 0 Å². The lowest BCUT2D eigenvalue weighted by molar-refractivity contribution is -0.385. The molecular weight excluding hydrogens is 352 g/mol. The van der Waals surface area contributed by atoms with E-state index < -0.39 is 10.9 Å². The van der Waals surface area contributed by atoms with Crippen molar-refractivity contribution in [2.24, 2.45) is 0 Å². The van der Waals surface area contributed by atoms with E-state index >= 15 is 0 Å². The fraction of sp³-hybridized carbons (Fsp3) is 0.263. The number of rotatable bonds is 8. The molecule has 1 amide bonds. The Bertz CT molecular complexity index is 833. The Balaban J connectivity index is 2.11. The molecule has 0 radical (unpaired) electrons. The molecule has 8 heteroatoms. The number of unbranched alkanes of at least 4 members (excludes halogenated alkanes) is 1. The van der Waals surface area contributed by atoms with Crippen molar-refractivity contribution in [1.82, 2.24) is 0 Å². The molecule has 0 spiro atoms. The van der Waals surface area contributed by atoms with Gasteiger partial charge in [-0.2, -0.15) is 0 Å². The molecule has 0 bridgehead atoms. The maximum atomic E-state index is 11.7. The maximum absolute atomic E-state index is 11.7. The summed E-state index contributed by atoms with van der Waals surface area (Å²) >= 11 is 0. The van der Waals surface area contributed by atoms with Crippen LogP contribution >= 0.6 is 0 Å². The molecule has 1 N–H and O–H groups in total. The summed E-state index contributed by atoms with van der Waals surface area (Å²) < 4.78 is 10.2. The average Bonchev–Trinajstić information content (AvgIpc) is 2.67. The number of methoxy groups -OCH3 is 1. The number of nitro benzene ring substituents is 1. The van der Waals surface area contributed by atoms with Crippen LogP contribution in [0.1, 0.15) is 36.5 Å². The molecule has 0 aliphatic rings. The minimum absolute atomic E-state index is 0.0522. The fourth-order valence-corrected chi connectivity index (χ4v) is 2.31. The van der Waals surface area contributed by atoms with E-state index in [1.807, 2.05) is 6.92 Å². The topological polar surface area (TPSA) is 108 Å². The van der Waals surface area contributed by atoms with Crippen LogP contribution < -0.4 is 10.1 Å². The average molecular weight is 372 g/mol. The van der Waals surface area contributed by atoms with Gasteiger partial charge in [-0.05, 0) is 36.8 Å². The van der Waals surface area contributed by atoms with Gasteiger partial charge in [-0.25, -0.2) is 4.79 Å². The number of nitrogens with one attached hydrogen (secondary N) is 1. The van der Waals surface area contributed by atoms with E-state index in [1.165, 1.54) is 18.2 Å². The van der Waals surface area contributed by atoms with Gasteiger partial charge in [0.05, 0.1) is 12.0 Å². The summed E-state index contributed by atoms with van der Waals surface area (Å²) in [5.41, 5.74) is 0.0848. The predicted molar refractivity (Wildman–Crippen MR) is 99.1 cm³/mol. The van der Waals surface area contributed by atoms with Gasteiger partial charge in [0.2, 0.25) is 5.91 Å². The summed E-state index contributed by atoms with van der Waals surface area (Å²) in [7, 11) is 1.15. The quantitative estimate of drug-likeness (QED) is 0.420. The monoisotopic (exact) mass is 372 g/mol. The Morgan fingerprint density at radius 3 is 2.37 bits per heavy atom. The zero-order valence-corrected chi connectivity index (χ0v) is 15.1. The van der Waals surface area contributed by atoms with E-state index in [0.717, 1.165) is 20.0 Å². The summed E-state index contributed by atoms with van der Waals surface area (Å²) in [6.07, 6.45) is 2.24. The molecule has 0 saturated heterocycles. The molecule has 2 aromatic rings. The van der Waals surface area contributed by atoms with Crippen LogP contribution in [0, 0.1) is 10.1 Å². The number of carbonyl (C=O) groups excluding carboxylic acids is 2. The number of hydrogen-bond donors (Lipinski definition) is 1. The number of carbonyl (C=O) groups is 2. The van der Waals surface area contributed by atoms with Crippen molar-refractivity contribution in [3.05, 3.63) is 58.1 Å². The van der Waals surface area contributed by atoms with Crippen LogP contribution in [0.3, 0.4) is 0 Å². The van der Waals surface area contributed by atoms with E-state index in [0.29, 0.717) is 17.9 Å². The van der Waals surface area contributed by atoms with Gasteiger partial charge < -0.3 is 14.8 Å². The van der Waals surface area contributed by atoms with Crippen molar-refractivity contribution in [2.75, 3.05) is 12.4 Å². The Hall–Kier alpha value is -3.42. The van der Waals surface area contributed by atoms with Gasteiger partial charge in [-0.15, -0.1) is 0 Å². The zero-order valence-electron chi connectivity index (χ0n) is 15.1. The highest BCUT2D eigenvalue weighted by molar-refractivity contribution is 5.94. The molecule has 2 aromatic carbocycles. The van der Waals surface area contributed by atoms with E-state index in [2.05, 4.69) is 10.1 Å². The molecule has 0 saturated carbocycles. The van der Waals surface area contributed by atoms with Gasteiger partial charge in [-0.1, -0.05) is 13.3 Å². The van der Waals surface area contributed by atoms with Crippen LogP contribution in [0.5, 0.6) is 11.5 Å². The largest absolute Gasteiger partial charge is 0.465 e. The van der Waals surface area contributed by atoms with Gasteiger partial charge in [0.15, 0.2) is 0 Å². The third kappa shape index (κ3) is 5.53. The molecular formula is C19H20N2O6. The maximum Gasteiger partial charge on any atom is 0.345 e. The van der Waals surface area contributed by atoms with Crippen LogP contribution in [0.15, 0.2) is 42.5 Å². The van der Waals surface area contributed by atoms with Crippen LogP contribution in [0.2, 0.25) is 0 Å². The number of amides is 1. The second-order valence-electron chi connectivity index (χ2n) is 5.71. The highest BCUT2D eigenvalue weighted by atomic mass is 16.6. The van der Waals surface area contributed by atoms with Crippen molar-refractivity contribution in [3.8, 4) is 11.5 Å². The van der Waals surface area contributed by atoms with Crippen LogP contribution in [-0.4, -0.2) is 23.9 Å². The fourth-order valence-electron chi connectivity index (χ4n) is 2.31. The Labute approximate surface area is 156 Å². The van der Waals surface area contributed by atoms with Crippen molar-refractivity contribution < 1.29 is 24.0 Å². The normalized spacial score (nSPS) is 10.1. The zero-order chi connectivity index (χ0) is 19.8. The van der Waals surface area contributed by atoms with E-state index in [9.17, 15) is 19.7 Å². The molecule has 0 heterocycles. The number of benzene rings is 2. The Kier molecular flexibility index (Phi) is 6.87. The first-order chi connectivity index (χ1) is 12.9. The van der Waals surface area contributed by atoms with E-state index in [-0.39, 0.29) is 22.9 Å². The van der Waals surface area contributed by atoms with Crippen molar-refractivity contribution in [2.45, 2.75) is 26.2 Å². The lowest BCUT2D eigenvalue weighted by Gasteiger charge is -2.09. The van der Waals surface area contributed by atoms with E-state index in [4.69, 9.17) is 4.74 Å². The van der Waals surface area contributed by atoms with Gasteiger partial charge in [0.1, 0.15) is 17.1 Å². The molecule has 0 unspecified atom stereocenters. The van der Waals surface area contributed by atoms with Crippen molar-refractivity contribution in [3.63, 3.8) is 0 Å². The molecule has 0 aliphatic carbocycles. The van der Waals surface area contributed by atoms with Crippen LogP contribution in [-0.2, 0) is 9.53 Å². The highest BCUT2D eigenvalue weighted by Gasteiger charge is 2.21. The molecule has 2 rings (SSSR count). The highest BCUT2D eigenvalue weighted by Crippen LogP contribution is 2.29. The number of esters is 1. The molecule has 0 fully saturated rings. The molecule has 27 heavy (non-hydrogen) atoms. The minimum atomic E-state index is -0.822. The Morgan fingerprint density at radius 1 is 1.11 bits per heavy atom. The van der Waals surface area contributed by atoms with Gasteiger partial charge >= 0.3 is 5.97 Å². The minimum Gasteiger partial charge on any atom is -0.465 e. The third-order valence-electron chi connectivity index (χ3n) is 3.70. The third-order valence-corrected chi connectivity index (χ3v) is 3.70. The molecule has 0 aromatic heterocycles. The van der Waals surface area contributed by atoms with Crippen LogP contribution in [0.4, 0.5) is 11.4 Å². The first-order valence-corrected chi connectivity index (χ1v) is 8.39. The molecule has 0 atom stereocenters. The number of nitrogens with zero attached hydrogens (tertiary/aromatic N) is 1. The molecule has 0 aliphatic heterocycles. The van der Waals surface area contributed by atoms with Gasteiger partial charge in [-0.3, -0.25) is 14.9 Å². The standard InChI is InChI=1S/C19H20N2O6/c1-3-4-5-18(22)20-13-6-8-14(9-7-13)27-15-10-11-17(21(24)25)16(12-15)19(23)26-2/h6-12H,3-5H2,1-2H3,(H,20,22). The molecule has 8 nitrogen and oxygen atoms in total. The van der Waals surface area contributed by atoms with Crippen molar-refractivity contribution in [1.29, 1.82) is 0 Å². The van der Waals surface area contributed by atoms with Crippen molar-refractivity contribution >= 4 is 23.3 Å². The first-order valence-electron chi connectivity index (χ1n) is 8.39. The number of ether oxygens (including phenoxy) is 2. The molecule has 142 valence electrons. The summed E-state index contributed by atoms with van der Waals surface area (Å²) in [5, 5.41) is 13.8. The summed E-state index contributed by atoms with van der Waals surface area (Å²) in [4.78, 5) is 33.8. The first kappa shape index (κ1) is 19.9. The second kappa shape index (κ2) is 9.33. The SMILES string of the molecule is CCCCC(=O)Nc1ccc(Oc2ccc([N+](=O)[O-])c(C(=O)OC)c2)cc1. The second-order valence-corrected chi connectivity index (χ2v) is 5.71. The summed E-state index contributed by atoms with van der Waals surface area (Å²) in [5.74, 6) is -0.173. The predicted octanol–water partition coefficient (Wildman–Crippen LogP) is 4.30. The summed E-state index contributed by atoms with van der Waals surface area (Å²) in [6.45, 7) is 2.02. The number of nitro groups is 1. The number of anilines is 1. The Morgan fingerprint density at radius 2 is 1.78 bits per heavy atom.